The van der Waals surface area contributed by atoms with Crippen molar-refractivity contribution < 1.29 is 0 Å². The molecule has 0 atom stereocenters. The van der Waals surface area contributed by atoms with E-state index in [1.54, 1.807) is 0 Å². The van der Waals surface area contributed by atoms with Crippen molar-refractivity contribution in [3.8, 4) is 11.3 Å². The lowest BCUT2D eigenvalue weighted by atomic mass is 10.1. The van der Waals surface area contributed by atoms with Crippen LogP contribution in [-0.2, 0) is 0 Å². The van der Waals surface area contributed by atoms with Crippen molar-refractivity contribution in [3.63, 3.8) is 0 Å². The number of aryl methyl sites for hydroxylation is 2. The molecule has 0 fully saturated rings. The summed E-state index contributed by atoms with van der Waals surface area (Å²) in [6, 6.07) is 6.37. The molecule has 2 nitrogen and oxygen atoms in total. The predicted molar refractivity (Wildman–Crippen MR) is 60.9 cm³/mol. The number of hydrogen-bond acceptors (Lipinski definition) is 1. The first kappa shape index (κ1) is 9.21. The molecule has 0 amide bonds. The van der Waals surface area contributed by atoms with Gasteiger partial charge in [0.05, 0.1) is 5.69 Å². The molecule has 0 radical (unpaired) electrons. The number of H-pyrrole nitrogens is 2. The number of imidazole rings is 1. The molecule has 0 aliphatic rings. The molecule has 72 valence electrons. The molecule has 14 heavy (non-hydrogen) atoms. The van der Waals surface area contributed by atoms with E-state index in [4.69, 9.17) is 12.2 Å². The van der Waals surface area contributed by atoms with Gasteiger partial charge in [-0.2, -0.15) is 0 Å². The number of rotatable bonds is 1. The van der Waals surface area contributed by atoms with Crippen LogP contribution in [0.4, 0.5) is 0 Å². The number of aromatic nitrogens is 2. The van der Waals surface area contributed by atoms with Crippen molar-refractivity contribution in [3.05, 3.63) is 40.3 Å². The molecule has 0 unspecified atom stereocenters. The summed E-state index contributed by atoms with van der Waals surface area (Å²) in [5, 5.41) is 0. The Balaban J connectivity index is 2.52. The van der Waals surface area contributed by atoms with Crippen molar-refractivity contribution >= 4 is 12.2 Å². The monoisotopic (exact) mass is 204 g/mol. The van der Waals surface area contributed by atoms with E-state index < -0.39 is 0 Å². The molecule has 0 spiro atoms. The zero-order chi connectivity index (χ0) is 10.1. The summed E-state index contributed by atoms with van der Waals surface area (Å²) in [6.07, 6.45) is 1.90. The molecule has 1 aromatic heterocycles. The van der Waals surface area contributed by atoms with Crippen LogP contribution < -0.4 is 0 Å². The van der Waals surface area contributed by atoms with Crippen molar-refractivity contribution in [1.29, 1.82) is 0 Å². The van der Waals surface area contributed by atoms with Crippen LogP contribution in [0.5, 0.6) is 0 Å². The van der Waals surface area contributed by atoms with E-state index in [-0.39, 0.29) is 0 Å². The van der Waals surface area contributed by atoms with Gasteiger partial charge in [-0.1, -0.05) is 12.1 Å². The first-order chi connectivity index (χ1) is 6.66. The predicted octanol–water partition coefficient (Wildman–Crippen LogP) is 3.36. The minimum absolute atomic E-state index is 0.665. The Kier molecular flexibility index (Phi) is 2.25. The van der Waals surface area contributed by atoms with Gasteiger partial charge < -0.3 is 9.97 Å². The molecule has 2 rings (SSSR count). The second-order valence-corrected chi connectivity index (χ2v) is 3.86. The van der Waals surface area contributed by atoms with E-state index in [1.807, 2.05) is 6.20 Å². The lowest BCUT2D eigenvalue weighted by Crippen LogP contribution is -1.83. The second-order valence-electron chi connectivity index (χ2n) is 3.46. The third kappa shape index (κ3) is 1.63. The number of aromatic amines is 2. The fraction of sp³-hybridized carbons (Fsp3) is 0.182. The molecule has 0 aliphatic heterocycles. The fourth-order valence-electron chi connectivity index (χ4n) is 1.40. The van der Waals surface area contributed by atoms with Crippen LogP contribution in [0, 0.1) is 18.6 Å². The van der Waals surface area contributed by atoms with E-state index in [1.165, 1.54) is 16.7 Å². The van der Waals surface area contributed by atoms with Gasteiger partial charge in [-0.3, -0.25) is 0 Å². The van der Waals surface area contributed by atoms with Gasteiger partial charge in [0.15, 0.2) is 4.77 Å². The van der Waals surface area contributed by atoms with E-state index in [0.29, 0.717) is 4.77 Å². The maximum absolute atomic E-state index is 4.98. The minimum atomic E-state index is 0.665. The van der Waals surface area contributed by atoms with Gasteiger partial charge >= 0.3 is 0 Å². The maximum atomic E-state index is 4.98. The summed E-state index contributed by atoms with van der Waals surface area (Å²) >= 11 is 4.98. The first-order valence-corrected chi connectivity index (χ1v) is 4.93. The normalized spacial score (nSPS) is 10.4. The van der Waals surface area contributed by atoms with Crippen LogP contribution in [0.3, 0.4) is 0 Å². The SMILES string of the molecule is Cc1ccc(-c2c[nH]c(=S)[nH]2)cc1C. The number of benzene rings is 1. The van der Waals surface area contributed by atoms with Gasteiger partial charge in [-0.15, -0.1) is 0 Å². The average Bonchev–Trinajstić information content (AvgIpc) is 2.57. The van der Waals surface area contributed by atoms with Gasteiger partial charge in [-0.25, -0.2) is 0 Å². The molecule has 2 N–H and O–H groups in total. The van der Waals surface area contributed by atoms with E-state index in [9.17, 15) is 0 Å². The van der Waals surface area contributed by atoms with Crippen LogP contribution in [-0.4, -0.2) is 9.97 Å². The molecular weight excluding hydrogens is 192 g/mol. The summed E-state index contributed by atoms with van der Waals surface area (Å²) in [6.45, 7) is 4.22. The third-order valence-corrected chi connectivity index (χ3v) is 2.63. The van der Waals surface area contributed by atoms with Gasteiger partial charge in [0, 0.05) is 6.20 Å². The molecule has 1 aromatic carbocycles. The van der Waals surface area contributed by atoms with Gasteiger partial charge in [0.25, 0.3) is 0 Å². The molecule has 0 aliphatic carbocycles. The topological polar surface area (TPSA) is 31.6 Å². The van der Waals surface area contributed by atoms with E-state index >= 15 is 0 Å². The van der Waals surface area contributed by atoms with Crippen molar-refractivity contribution in [2.45, 2.75) is 13.8 Å². The Labute approximate surface area is 88.0 Å². The zero-order valence-electron chi connectivity index (χ0n) is 8.22. The first-order valence-electron chi connectivity index (χ1n) is 4.52. The lowest BCUT2D eigenvalue weighted by Gasteiger charge is -2.02. The lowest BCUT2D eigenvalue weighted by molar-refractivity contribution is 1.27. The average molecular weight is 204 g/mol. The molecular formula is C11H12N2S. The van der Waals surface area contributed by atoms with Crippen LogP contribution in [0.15, 0.2) is 24.4 Å². The summed E-state index contributed by atoms with van der Waals surface area (Å²) < 4.78 is 0.665. The van der Waals surface area contributed by atoms with Gasteiger partial charge in [0.2, 0.25) is 0 Å². The molecule has 3 heteroatoms. The maximum Gasteiger partial charge on any atom is 0.174 e. The highest BCUT2D eigenvalue weighted by Gasteiger charge is 2.00. The zero-order valence-corrected chi connectivity index (χ0v) is 9.03. The molecule has 0 bridgehead atoms. The largest absolute Gasteiger partial charge is 0.337 e. The van der Waals surface area contributed by atoms with Crippen molar-refractivity contribution in [2.75, 3.05) is 0 Å². The van der Waals surface area contributed by atoms with Crippen LogP contribution in [0.2, 0.25) is 0 Å². The smallest absolute Gasteiger partial charge is 0.174 e. The summed E-state index contributed by atoms with van der Waals surface area (Å²) in [7, 11) is 0. The minimum Gasteiger partial charge on any atom is -0.337 e. The van der Waals surface area contributed by atoms with Crippen LogP contribution >= 0.6 is 12.2 Å². The van der Waals surface area contributed by atoms with Crippen molar-refractivity contribution in [2.24, 2.45) is 0 Å². The Morgan fingerprint density at radius 3 is 2.50 bits per heavy atom. The van der Waals surface area contributed by atoms with Crippen LogP contribution in [0.25, 0.3) is 11.3 Å². The highest BCUT2D eigenvalue weighted by Crippen LogP contribution is 2.19. The molecule has 0 saturated heterocycles. The Morgan fingerprint density at radius 2 is 1.93 bits per heavy atom. The molecule has 1 heterocycles. The Morgan fingerprint density at radius 1 is 1.14 bits per heavy atom. The molecule has 2 aromatic rings. The number of hydrogen-bond donors (Lipinski definition) is 2. The quantitative estimate of drug-likeness (QED) is 0.686. The second kappa shape index (κ2) is 3.42. The van der Waals surface area contributed by atoms with Crippen LogP contribution in [0.1, 0.15) is 11.1 Å². The fourth-order valence-corrected chi connectivity index (χ4v) is 1.57. The van der Waals surface area contributed by atoms with E-state index in [0.717, 1.165) is 5.69 Å². The standard InChI is InChI=1S/C11H12N2S/c1-7-3-4-9(5-8(7)2)10-6-12-11(14)13-10/h3-6H,1-2H3,(H2,12,13,14). The van der Waals surface area contributed by atoms with Crippen molar-refractivity contribution in [1.82, 2.24) is 9.97 Å². The summed E-state index contributed by atoms with van der Waals surface area (Å²) in [5.41, 5.74) is 4.81. The highest BCUT2D eigenvalue weighted by atomic mass is 32.1. The highest BCUT2D eigenvalue weighted by molar-refractivity contribution is 7.71. The van der Waals surface area contributed by atoms with Gasteiger partial charge in [-0.05, 0) is 48.8 Å². The number of nitrogens with one attached hydrogen (secondary N) is 2. The summed E-state index contributed by atoms with van der Waals surface area (Å²) in [5.74, 6) is 0. The summed E-state index contributed by atoms with van der Waals surface area (Å²) in [4.78, 5) is 6.06. The molecule has 0 saturated carbocycles. The van der Waals surface area contributed by atoms with E-state index in [2.05, 4.69) is 42.0 Å². The Bertz CT molecular complexity index is 508. The Hall–Kier alpha value is -1.35. The third-order valence-electron chi connectivity index (χ3n) is 2.41. The van der Waals surface area contributed by atoms with Gasteiger partial charge in [0.1, 0.15) is 0 Å².